The number of nitrogens with zero attached hydrogens (tertiary/aromatic N) is 1. The number of aromatic nitrogens is 1. The van der Waals surface area contributed by atoms with Crippen molar-refractivity contribution < 1.29 is 4.74 Å². The number of fused-ring (bicyclic) bond motifs is 2. The summed E-state index contributed by atoms with van der Waals surface area (Å²) in [5.74, 6) is 1.10. The summed E-state index contributed by atoms with van der Waals surface area (Å²) in [6, 6.07) is 13.2. The van der Waals surface area contributed by atoms with Crippen LogP contribution in [0.3, 0.4) is 0 Å². The molecule has 3 nitrogen and oxygen atoms in total. The number of aryl methyl sites for hydroxylation is 3. The molecule has 0 atom stereocenters. The third kappa shape index (κ3) is 2.81. The van der Waals surface area contributed by atoms with E-state index in [1.165, 1.54) is 33.2 Å². The van der Waals surface area contributed by atoms with Gasteiger partial charge < -0.3 is 10.1 Å². The van der Waals surface area contributed by atoms with Gasteiger partial charge in [-0.15, -0.1) is 0 Å². The third-order valence-electron chi connectivity index (χ3n) is 6.42. The standard InChI is InChI=1S/C24H26N2O/c1-16-14-22-19(7-8-24(27-22)9-12-25-13-10-24)15-21(16)20-6-5-18-4-3-11-26-23(18)17(20)2/h3-6,11,14-15,25H,7-10,12-13H2,1-2H3. The molecular weight excluding hydrogens is 332 g/mol. The van der Waals surface area contributed by atoms with E-state index in [9.17, 15) is 0 Å². The molecule has 5 rings (SSSR count). The van der Waals surface area contributed by atoms with E-state index in [4.69, 9.17) is 4.74 Å². The van der Waals surface area contributed by atoms with Crippen LogP contribution in [0.1, 0.15) is 36.0 Å². The minimum Gasteiger partial charge on any atom is -0.487 e. The molecule has 1 aromatic heterocycles. The first-order valence-corrected chi connectivity index (χ1v) is 10.0. The number of pyridine rings is 1. The molecule has 3 heterocycles. The summed E-state index contributed by atoms with van der Waals surface area (Å²) in [4.78, 5) is 4.61. The van der Waals surface area contributed by atoms with E-state index in [-0.39, 0.29) is 5.60 Å². The molecule has 0 amide bonds. The molecule has 1 N–H and O–H groups in total. The lowest BCUT2D eigenvalue weighted by atomic mass is 9.82. The maximum absolute atomic E-state index is 6.58. The van der Waals surface area contributed by atoms with Crippen LogP contribution in [0, 0.1) is 13.8 Å². The topological polar surface area (TPSA) is 34.2 Å². The Hall–Kier alpha value is -2.39. The van der Waals surface area contributed by atoms with Crippen molar-refractivity contribution in [2.45, 2.75) is 45.1 Å². The number of hydrogen-bond acceptors (Lipinski definition) is 3. The van der Waals surface area contributed by atoms with Crippen LogP contribution >= 0.6 is 0 Å². The van der Waals surface area contributed by atoms with Crippen molar-refractivity contribution >= 4 is 10.9 Å². The Labute approximate surface area is 160 Å². The van der Waals surface area contributed by atoms with Gasteiger partial charge in [0.05, 0.1) is 5.52 Å². The van der Waals surface area contributed by atoms with Crippen LogP contribution in [0.4, 0.5) is 0 Å². The van der Waals surface area contributed by atoms with Crippen molar-refractivity contribution in [2.24, 2.45) is 0 Å². The van der Waals surface area contributed by atoms with Gasteiger partial charge in [0.15, 0.2) is 0 Å². The van der Waals surface area contributed by atoms with Crippen molar-refractivity contribution in [3.63, 3.8) is 0 Å². The minimum absolute atomic E-state index is 0.0506. The second-order valence-corrected chi connectivity index (χ2v) is 8.12. The van der Waals surface area contributed by atoms with E-state index >= 15 is 0 Å². The van der Waals surface area contributed by atoms with Gasteiger partial charge in [-0.25, -0.2) is 0 Å². The molecule has 27 heavy (non-hydrogen) atoms. The first-order chi connectivity index (χ1) is 13.2. The summed E-state index contributed by atoms with van der Waals surface area (Å²) in [7, 11) is 0. The predicted octanol–water partition coefficient (Wildman–Crippen LogP) is 4.97. The lowest BCUT2D eigenvalue weighted by Crippen LogP contribution is -2.48. The highest BCUT2D eigenvalue weighted by molar-refractivity contribution is 5.89. The molecule has 2 aliphatic rings. The molecule has 0 radical (unpaired) electrons. The molecule has 0 saturated carbocycles. The quantitative estimate of drug-likeness (QED) is 0.667. The zero-order chi connectivity index (χ0) is 18.4. The van der Waals surface area contributed by atoms with E-state index in [1.54, 1.807) is 0 Å². The molecule has 0 unspecified atom stereocenters. The molecule has 1 spiro atoms. The number of ether oxygens (including phenoxy) is 1. The van der Waals surface area contributed by atoms with Gasteiger partial charge in [-0.05, 0) is 98.6 Å². The smallest absolute Gasteiger partial charge is 0.123 e. The summed E-state index contributed by atoms with van der Waals surface area (Å²) < 4.78 is 6.58. The maximum atomic E-state index is 6.58. The lowest BCUT2D eigenvalue weighted by molar-refractivity contribution is 0.0170. The molecule has 0 aliphatic carbocycles. The van der Waals surface area contributed by atoms with Gasteiger partial charge in [-0.3, -0.25) is 4.98 Å². The largest absolute Gasteiger partial charge is 0.487 e. The van der Waals surface area contributed by atoms with Crippen molar-refractivity contribution in [1.29, 1.82) is 0 Å². The van der Waals surface area contributed by atoms with Gasteiger partial charge >= 0.3 is 0 Å². The Balaban J connectivity index is 1.57. The zero-order valence-electron chi connectivity index (χ0n) is 16.1. The van der Waals surface area contributed by atoms with Gasteiger partial charge in [-0.1, -0.05) is 18.2 Å². The Kier molecular flexibility index (Phi) is 3.94. The van der Waals surface area contributed by atoms with Crippen molar-refractivity contribution in [3.8, 4) is 16.9 Å². The van der Waals surface area contributed by atoms with Gasteiger partial charge in [0.25, 0.3) is 0 Å². The van der Waals surface area contributed by atoms with E-state index in [2.05, 4.69) is 54.5 Å². The van der Waals surface area contributed by atoms with Crippen LogP contribution in [-0.4, -0.2) is 23.7 Å². The van der Waals surface area contributed by atoms with Gasteiger partial charge in [-0.2, -0.15) is 0 Å². The SMILES string of the molecule is Cc1cc2c(cc1-c1ccc3cccnc3c1C)CCC1(CCNCC1)O2. The second-order valence-electron chi connectivity index (χ2n) is 8.12. The average molecular weight is 358 g/mol. The Bertz CT molecular complexity index is 1020. The first-order valence-electron chi connectivity index (χ1n) is 10.0. The number of nitrogens with one attached hydrogen (secondary N) is 1. The minimum atomic E-state index is 0.0506. The monoisotopic (exact) mass is 358 g/mol. The van der Waals surface area contributed by atoms with Crippen molar-refractivity contribution in [2.75, 3.05) is 13.1 Å². The first kappa shape index (κ1) is 16.8. The van der Waals surface area contributed by atoms with Crippen molar-refractivity contribution in [3.05, 3.63) is 59.3 Å². The van der Waals surface area contributed by atoms with Gasteiger partial charge in [0, 0.05) is 11.6 Å². The molecule has 0 bridgehead atoms. The molecule has 138 valence electrons. The molecular formula is C24H26N2O. The van der Waals surface area contributed by atoms with Crippen LogP contribution < -0.4 is 10.1 Å². The molecule has 3 heteroatoms. The van der Waals surface area contributed by atoms with E-state index in [1.807, 2.05) is 12.3 Å². The summed E-state index contributed by atoms with van der Waals surface area (Å²) in [5.41, 5.74) is 7.61. The van der Waals surface area contributed by atoms with E-state index in [0.717, 1.165) is 50.0 Å². The summed E-state index contributed by atoms with van der Waals surface area (Å²) in [6.07, 6.45) is 6.34. The predicted molar refractivity (Wildman–Crippen MR) is 110 cm³/mol. The fraction of sp³-hybridized carbons (Fsp3) is 0.375. The fourth-order valence-electron chi connectivity index (χ4n) is 4.77. The zero-order valence-corrected chi connectivity index (χ0v) is 16.1. The number of benzene rings is 2. The van der Waals surface area contributed by atoms with Crippen LogP contribution in [0.2, 0.25) is 0 Å². The van der Waals surface area contributed by atoms with Crippen LogP contribution in [0.15, 0.2) is 42.6 Å². The highest BCUT2D eigenvalue weighted by Crippen LogP contribution is 2.42. The normalized spacial score (nSPS) is 18.3. The molecule has 1 fully saturated rings. The molecule has 1 saturated heterocycles. The Morgan fingerprint density at radius 3 is 2.70 bits per heavy atom. The highest BCUT2D eigenvalue weighted by Gasteiger charge is 2.37. The summed E-state index contributed by atoms with van der Waals surface area (Å²) >= 11 is 0. The van der Waals surface area contributed by atoms with E-state index in [0.29, 0.717) is 0 Å². The van der Waals surface area contributed by atoms with Crippen LogP contribution in [0.25, 0.3) is 22.0 Å². The van der Waals surface area contributed by atoms with Crippen LogP contribution in [-0.2, 0) is 6.42 Å². The number of rotatable bonds is 1. The average Bonchev–Trinajstić information content (AvgIpc) is 2.69. The molecule has 2 aliphatic heterocycles. The maximum Gasteiger partial charge on any atom is 0.123 e. The number of hydrogen-bond donors (Lipinski definition) is 1. The summed E-state index contributed by atoms with van der Waals surface area (Å²) in [6.45, 7) is 6.51. The summed E-state index contributed by atoms with van der Waals surface area (Å²) in [5, 5.41) is 4.66. The number of piperidine rings is 1. The lowest BCUT2D eigenvalue weighted by Gasteiger charge is -2.42. The third-order valence-corrected chi connectivity index (χ3v) is 6.42. The Morgan fingerprint density at radius 1 is 1.00 bits per heavy atom. The second kappa shape index (κ2) is 6.35. The molecule has 2 aromatic carbocycles. The van der Waals surface area contributed by atoms with Gasteiger partial charge in [0.1, 0.15) is 11.4 Å². The van der Waals surface area contributed by atoms with Crippen LogP contribution in [0.5, 0.6) is 5.75 Å². The van der Waals surface area contributed by atoms with Gasteiger partial charge in [0.2, 0.25) is 0 Å². The highest BCUT2D eigenvalue weighted by atomic mass is 16.5. The fourth-order valence-corrected chi connectivity index (χ4v) is 4.77. The van der Waals surface area contributed by atoms with Crippen molar-refractivity contribution in [1.82, 2.24) is 10.3 Å². The van der Waals surface area contributed by atoms with E-state index < -0.39 is 0 Å². The molecule has 3 aromatic rings. The Morgan fingerprint density at radius 2 is 1.85 bits per heavy atom.